The molecule has 1 heterocycles. The lowest BCUT2D eigenvalue weighted by Crippen LogP contribution is -2.31. The van der Waals surface area contributed by atoms with Gasteiger partial charge >= 0.3 is 0 Å². The number of thiophene rings is 1. The average molecular weight is 225 g/mol. The van der Waals surface area contributed by atoms with Gasteiger partial charge in [-0.1, -0.05) is 13.0 Å². The Kier molecular flexibility index (Phi) is 3.78. The topological polar surface area (TPSA) is 23.5 Å². The van der Waals surface area contributed by atoms with Gasteiger partial charge in [0.1, 0.15) is 0 Å². The fraction of sp³-hybridized carbons (Fsp3) is 0.667. The summed E-state index contributed by atoms with van der Waals surface area (Å²) in [5, 5.41) is 11.2. The molecule has 1 unspecified atom stereocenters. The van der Waals surface area contributed by atoms with Gasteiger partial charge in [0.2, 0.25) is 0 Å². The van der Waals surface area contributed by atoms with Crippen LogP contribution in [0.4, 0.5) is 0 Å². The third-order valence-corrected chi connectivity index (χ3v) is 3.72. The van der Waals surface area contributed by atoms with E-state index in [2.05, 4.69) is 29.3 Å². The highest BCUT2D eigenvalue weighted by Crippen LogP contribution is 2.29. The van der Waals surface area contributed by atoms with E-state index in [1.165, 1.54) is 17.7 Å². The highest BCUT2D eigenvalue weighted by Gasteiger charge is 2.29. The molecule has 1 aliphatic carbocycles. The van der Waals surface area contributed by atoms with E-state index in [0.717, 1.165) is 19.1 Å². The summed E-state index contributed by atoms with van der Waals surface area (Å²) < 4.78 is 0. The molecule has 3 heteroatoms. The molecule has 0 bridgehead atoms. The van der Waals surface area contributed by atoms with E-state index in [0.29, 0.717) is 12.5 Å². The lowest BCUT2D eigenvalue weighted by Gasteiger charge is -2.24. The molecule has 1 aliphatic rings. The van der Waals surface area contributed by atoms with Gasteiger partial charge in [-0.3, -0.25) is 4.90 Å². The lowest BCUT2D eigenvalue weighted by molar-refractivity contribution is 0.163. The van der Waals surface area contributed by atoms with Crippen LogP contribution >= 0.6 is 11.3 Å². The van der Waals surface area contributed by atoms with Gasteiger partial charge < -0.3 is 5.11 Å². The minimum atomic E-state index is 0.299. The SMILES string of the molecule is CC(CO)CN(Cc1cccs1)C1CC1. The van der Waals surface area contributed by atoms with Crippen molar-refractivity contribution in [3.05, 3.63) is 22.4 Å². The Hall–Kier alpha value is -0.380. The van der Waals surface area contributed by atoms with Gasteiger partial charge in [0.15, 0.2) is 0 Å². The number of aliphatic hydroxyl groups excluding tert-OH is 1. The summed E-state index contributed by atoms with van der Waals surface area (Å²) >= 11 is 1.83. The second-order valence-corrected chi connectivity index (χ2v) is 5.56. The Balaban J connectivity index is 1.88. The molecule has 1 aromatic rings. The molecule has 15 heavy (non-hydrogen) atoms. The molecule has 84 valence electrons. The first-order valence-corrected chi connectivity index (χ1v) is 6.55. The van der Waals surface area contributed by atoms with Gasteiger partial charge in [-0.2, -0.15) is 0 Å². The maximum absolute atomic E-state index is 9.09. The molecule has 2 rings (SSSR count). The smallest absolute Gasteiger partial charge is 0.0468 e. The summed E-state index contributed by atoms with van der Waals surface area (Å²) in [7, 11) is 0. The Labute approximate surface area is 95.5 Å². The maximum Gasteiger partial charge on any atom is 0.0468 e. The highest BCUT2D eigenvalue weighted by molar-refractivity contribution is 7.09. The van der Waals surface area contributed by atoms with E-state index in [1.807, 2.05) is 11.3 Å². The number of hydrogen-bond donors (Lipinski definition) is 1. The predicted octanol–water partition coefficient (Wildman–Crippen LogP) is 2.34. The zero-order valence-corrected chi connectivity index (χ0v) is 10.0. The molecule has 1 aromatic heterocycles. The van der Waals surface area contributed by atoms with Crippen LogP contribution in [0.5, 0.6) is 0 Å². The molecule has 1 N–H and O–H groups in total. The Morgan fingerprint density at radius 2 is 2.40 bits per heavy atom. The molecule has 0 saturated heterocycles. The van der Waals surface area contributed by atoms with Gasteiger partial charge in [0.25, 0.3) is 0 Å². The summed E-state index contributed by atoms with van der Waals surface area (Å²) in [5.74, 6) is 0.394. The van der Waals surface area contributed by atoms with Crippen LogP contribution in [0.25, 0.3) is 0 Å². The first-order chi connectivity index (χ1) is 7.29. The number of aliphatic hydroxyl groups is 1. The van der Waals surface area contributed by atoms with Crippen LogP contribution in [0, 0.1) is 5.92 Å². The monoisotopic (exact) mass is 225 g/mol. The molecule has 1 atom stereocenters. The first-order valence-electron chi connectivity index (χ1n) is 5.67. The van der Waals surface area contributed by atoms with Crippen molar-refractivity contribution in [1.29, 1.82) is 0 Å². The van der Waals surface area contributed by atoms with Crippen LogP contribution in [-0.2, 0) is 6.54 Å². The van der Waals surface area contributed by atoms with Crippen LogP contribution in [0.2, 0.25) is 0 Å². The summed E-state index contributed by atoms with van der Waals surface area (Å²) in [6.07, 6.45) is 2.67. The minimum absolute atomic E-state index is 0.299. The largest absolute Gasteiger partial charge is 0.396 e. The molecule has 0 spiro atoms. The van der Waals surface area contributed by atoms with Gasteiger partial charge in [-0.15, -0.1) is 11.3 Å². The first kappa shape index (κ1) is 11.1. The lowest BCUT2D eigenvalue weighted by atomic mass is 10.2. The van der Waals surface area contributed by atoms with Gasteiger partial charge in [0.05, 0.1) is 0 Å². The van der Waals surface area contributed by atoms with Gasteiger partial charge in [0, 0.05) is 30.6 Å². The minimum Gasteiger partial charge on any atom is -0.396 e. The van der Waals surface area contributed by atoms with Crippen molar-refractivity contribution >= 4 is 11.3 Å². The summed E-state index contributed by atoms with van der Waals surface area (Å²) in [6.45, 7) is 4.50. The van der Waals surface area contributed by atoms with E-state index in [9.17, 15) is 0 Å². The average Bonchev–Trinajstić information content (AvgIpc) is 2.97. The Morgan fingerprint density at radius 1 is 1.60 bits per heavy atom. The second-order valence-electron chi connectivity index (χ2n) is 4.53. The number of rotatable bonds is 6. The molecular formula is C12H19NOS. The summed E-state index contributed by atoms with van der Waals surface area (Å²) in [6, 6.07) is 5.09. The second kappa shape index (κ2) is 5.10. The van der Waals surface area contributed by atoms with Crippen LogP contribution < -0.4 is 0 Å². The van der Waals surface area contributed by atoms with Crippen molar-refractivity contribution < 1.29 is 5.11 Å². The zero-order chi connectivity index (χ0) is 10.7. The van der Waals surface area contributed by atoms with Crippen molar-refractivity contribution in [2.45, 2.75) is 32.4 Å². The third-order valence-electron chi connectivity index (χ3n) is 2.86. The van der Waals surface area contributed by atoms with E-state index in [4.69, 9.17) is 5.11 Å². The highest BCUT2D eigenvalue weighted by atomic mass is 32.1. The van der Waals surface area contributed by atoms with E-state index >= 15 is 0 Å². The van der Waals surface area contributed by atoms with Gasteiger partial charge in [-0.05, 0) is 30.2 Å². The zero-order valence-electron chi connectivity index (χ0n) is 9.22. The molecule has 1 fully saturated rings. The molecule has 2 nitrogen and oxygen atoms in total. The summed E-state index contributed by atoms with van der Waals surface area (Å²) in [5.41, 5.74) is 0. The quantitative estimate of drug-likeness (QED) is 0.803. The fourth-order valence-electron chi connectivity index (χ4n) is 1.84. The molecule has 0 aromatic carbocycles. The Morgan fingerprint density at radius 3 is 2.93 bits per heavy atom. The van der Waals surface area contributed by atoms with Crippen molar-refractivity contribution in [3.8, 4) is 0 Å². The molecule has 1 saturated carbocycles. The van der Waals surface area contributed by atoms with Crippen LogP contribution in [-0.4, -0.2) is 29.2 Å². The molecule has 0 amide bonds. The Bertz CT molecular complexity index is 282. The van der Waals surface area contributed by atoms with Crippen molar-refractivity contribution in [3.63, 3.8) is 0 Å². The molecule has 0 aliphatic heterocycles. The molecule has 0 radical (unpaired) electrons. The van der Waals surface area contributed by atoms with E-state index in [1.54, 1.807) is 0 Å². The normalized spacial score (nSPS) is 18.3. The van der Waals surface area contributed by atoms with Crippen molar-refractivity contribution in [2.75, 3.05) is 13.2 Å². The van der Waals surface area contributed by atoms with Crippen LogP contribution in [0.15, 0.2) is 17.5 Å². The van der Waals surface area contributed by atoms with Crippen LogP contribution in [0.3, 0.4) is 0 Å². The maximum atomic E-state index is 9.09. The molecular weight excluding hydrogens is 206 g/mol. The van der Waals surface area contributed by atoms with Crippen LogP contribution in [0.1, 0.15) is 24.6 Å². The predicted molar refractivity (Wildman–Crippen MR) is 64.0 cm³/mol. The van der Waals surface area contributed by atoms with Crippen molar-refractivity contribution in [2.24, 2.45) is 5.92 Å². The fourth-order valence-corrected chi connectivity index (χ4v) is 2.57. The number of hydrogen-bond acceptors (Lipinski definition) is 3. The standard InChI is InChI=1S/C12H19NOS/c1-10(9-14)7-13(11-4-5-11)8-12-3-2-6-15-12/h2-3,6,10-11,14H,4-5,7-9H2,1H3. The third kappa shape index (κ3) is 3.30. The van der Waals surface area contributed by atoms with E-state index < -0.39 is 0 Å². The van der Waals surface area contributed by atoms with Gasteiger partial charge in [-0.25, -0.2) is 0 Å². The van der Waals surface area contributed by atoms with E-state index in [-0.39, 0.29) is 0 Å². The summed E-state index contributed by atoms with van der Waals surface area (Å²) in [4.78, 5) is 3.96. The number of nitrogens with zero attached hydrogens (tertiary/aromatic N) is 1. The van der Waals surface area contributed by atoms with Crippen molar-refractivity contribution in [1.82, 2.24) is 4.90 Å².